The van der Waals surface area contributed by atoms with E-state index < -0.39 is 0 Å². The maximum atomic E-state index is 5.96. The van der Waals surface area contributed by atoms with Crippen molar-refractivity contribution in [2.45, 2.75) is 44.8 Å². The van der Waals surface area contributed by atoms with E-state index in [1.807, 2.05) is 6.07 Å². The summed E-state index contributed by atoms with van der Waals surface area (Å²) in [4.78, 5) is 0. The van der Waals surface area contributed by atoms with Crippen LogP contribution in [0.4, 0.5) is 5.69 Å². The first-order valence-corrected chi connectivity index (χ1v) is 7.69. The predicted molar refractivity (Wildman–Crippen MR) is 79.4 cm³/mol. The lowest BCUT2D eigenvalue weighted by Crippen LogP contribution is -2.19. The molecule has 2 aromatic rings. The highest BCUT2D eigenvalue weighted by molar-refractivity contribution is 5.85. The van der Waals surface area contributed by atoms with Gasteiger partial charge in [0.2, 0.25) is 0 Å². The van der Waals surface area contributed by atoms with Crippen molar-refractivity contribution < 1.29 is 4.74 Å². The first kappa shape index (κ1) is 12.2. The van der Waals surface area contributed by atoms with Gasteiger partial charge in [-0.3, -0.25) is 0 Å². The van der Waals surface area contributed by atoms with Gasteiger partial charge < -0.3 is 10.5 Å². The van der Waals surface area contributed by atoms with Crippen LogP contribution in [0.1, 0.15) is 44.0 Å². The first-order valence-electron chi connectivity index (χ1n) is 7.69. The molecule has 1 atom stereocenters. The highest BCUT2D eigenvalue weighted by Gasteiger charge is 2.26. The molecule has 1 aromatic carbocycles. The third-order valence-corrected chi connectivity index (χ3v) is 4.41. The van der Waals surface area contributed by atoms with E-state index in [1.54, 1.807) is 0 Å². The smallest absolute Gasteiger partial charge is 0.150 e. The molecule has 2 N–H and O–H groups in total. The summed E-state index contributed by atoms with van der Waals surface area (Å²) in [5.41, 5.74) is 9.14. The van der Waals surface area contributed by atoms with Crippen LogP contribution in [0.5, 0.6) is 0 Å². The molecule has 1 saturated carbocycles. The molecule has 1 aromatic heterocycles. The number of nitrogens with zero attached hydrogens (tertiary/aromatic N) is 2. The zero-order valence-corrected chi connectivity index (χ0v) is 11.7. The normalized spacial score (nSPS) is 23.3. The summed E-state index contributed by atoms with van der Waals surface area (Å²) in [6.45, 7) is 0.846. The molecule has 4 heteroatoms. The highest BCUT2D eigenvalue weighted by atomic mass is 16.5. The van der Waals surface area contributed by atoms with Crippen molar-refractivity contribution in [3.8, 4) is 0 Å². The number of hydrogen-bond donors (Lipinski definition) is 1. The van der Waals surface area contributed by atoms with Gasteiger partial charge in [-0.1, -0.05) is 0 Å². The van der Waals surface area contributed by atoms with Crippen LogP contribution in [-0.2, 0) is 11.2 Å². The predicted octanol–water partition coefficient (Wildman–Crippen LogP) is 3.27. The maximum Gasteiger partial charge on any atom is 0.150 e. The number of fused-ring (bicyclic) bond motifs is 1. The Hall–Kier alpha value is -1.55. The molecule has 0 spiro atoms. The van der Waals surface area contributed by atoms with E-state index >= 15 is 0 Å². The Kier molecular flexibility index (Phi) is 2.91. The van der Waals surface area contributed by atoms with E-state index in [2.05, 4.69) is 16.8 Å². The van der Waals surface area contributed by atoms with Crippen molar-refractivity contribution in [3.63, 3.8) is 0 Å². The molecule has 1 unspecified atom stereocenters. The fraction of sp³-hybridized carbons (Fsp3) is 0.562. The van der Waals surface area contributed by atoms with Crippen LogP contribution in [0.25, 0.3) is 10.9 Å². The summed E-state index contributed by atoms with van der Waals surface area (Å²) in [5.74, 6) is 0.829. The van der Waals surface area contributed by atoms with E-state index in [-0.39, 0.29) is 6.23 Å². The number of aromatic nitrogens is 2. The Labute approximate surface area is 118 Å². The molecular formula is C16H21N3O. The van der Waals surface area contributed by atoms with Gasteiger partial charge in [0.05, 0.1) is 11.2 Å². The maximum absolute atomic E-state index is 5.96. The molecule has 4 nitrogen and oxygen atoms in total. The van der Waals surface area contributed by atoms with E-state index in [4.69, 9.17) is 15.6 Å². The molecule has 0 bridgehead atoms. The van der Waals surface area contributed by atoms with Gasteiger partial charge in [-0.25, -0.2) is 4.68 Å². The summed E-state index contributed by atoms with van der Waals surface area (Å²) in [5, 5.41) is 6.08. The van der Waals surface area contributed by atoms with Crippen LogP contribution >= 0.6 is 0 Å². The molecule has 2 heterocycles. The number of rotatable bonds is 3. The topological polar surface area (TPSA) is 53.1 Å². The monoisotopic (exact) mass is 271 g/mol. The van der Waals surface area contributed by atoms with E-state index in [0.29, 0.717) is 0 Å². The molecule has 0 amide bonds. The molecule has 1 saturated heterocycles. The van der Waals surface area contributed by atoms with Crippen LogP contribution in [0, 0.1) is 5.92 Å². The van der Waals surface area contributed by atoms with Gasteiger partial charge in [-0.2, -0.15) is 5.10 Å². The molecule has 20 heavy (non-hydrogen) atoms. The lowest BCUT2D eigenvalue weighted by molar-refractivity contribution is -0.0369. The molecule has 4 rings (SSSR count). The summed E-state index contributed by atoms with van der Waals surface area (Å²) in [6.07, 6.45) is 7.32. The molecule has 1 aliphatic heterocycles. The Morgan fingerprint density at radius 3 is 2.90 bits per heavy atom. The van der Waals surface area contributed by atoms with Crippen LogP contribution in [0.2, 0.25) is 0 Å². The fourth-order valence-corrected chi connectivity index (χ4v) is 3.10. The molecule has 0 radical (unpaired) electrons. The van der Waals surface area contributed by atoms with E-state index in [1.165, 1.54) is 35.9 Å². The summed E-state index contributed by atoms with van der Waals surface area (Å²) >= 11 is 0. The number of anilines is 1. The largest absolute Gasteiger partial charge is 0.399 e. The van der Waals surface area contributed by atoms with E-state index in [9.17, 15) is 0 Å². The highest BCUT2D eigenvalue weighted by Crippen LogP contribution is 2.36. The minimum atomic E-state index is 0.0998. The summed E-state index contributed by atoms with van der Waals surface area (Å²) < 4.78 is 7.99. The average Bonchev–Trinajstić information content (AvgIpc) is 3.22. The molecular weight excluding hydrogens is 250 g/mol. The van der Waals surface area contributed by atoms with Crippen molar-refractivity contribution in [2.24, 2.45) is 5.92 Å². The van der Waals surface area contributed by atoms with Gasteiger partial charge in [0.1, 0.15) is 0 Å². The second-order valence-corrected chi connectivity index (χ2v) is 6.14. The average molecular weight is 271 g/mol. The van der Waals surface area contributed by atoms with Crippen molar-refractivity contribution in [2.75, 3.05) is 12.3 Å². The number of benzene rings is 1. The van der Waals surface area contributed by atoms with Crippen LogP contribution in [-0.4, -0.2) is 16.4 Å². The summed E-state index contributed by atoms with van der Waals surface area (Å²) in [6, 6.07) is 6.12. The van der Waals surface area contributed by atoms with Gasteiger partial charge >= 0.3 is 0 Å². The van der Waals surface area contributed by atoms with Crippen LogP contribution in [0.3, 0.4) is 0 Å². The Morgan fingerprint density at radius 1 is 1.25 bits per heavy atom. The van der Waals surface area contributed by atoms with Crippen LogP contribution < -0.4 is 5.73 Å². The van der Waals surface area contributed by atoms with Gasteiger partial charge in [0, 0.05) is 17.7 Å². The van der Waals surface area contributed by atoms with Gasteiger partial charge in [0.15, 0.2) is 6.23 Å². The Morgan fingerprint density at radius 2 is 2.15 bits per heavy atom. The Bertz CT molecular complexity index is 624. The zero-order chi connectivity index (χ0) is 13.5. The lowest BCUT2D eigenvalue weighted by Gasteiger charge is -2.23. The van der Waals surface area contributed by atoms with Gasteiger partial charge in [-0.05, 0) is 62.6 Å². The van der Waals surface area contributed by atoms with Crippen molar-refractivity contribution >= 4 is 16.6 Å². The second kappa shape index (κ2) is 4.77. The SMILES string of the molecule is Nc1ccc2c(c1)c(CC1CC1)nn2C1CCCCO1. The molecule has 106 valence electrons. The number of ether oxygens (including phenoxy) is 1. The number of nitrogens with two attached hydrogens (primary N) is 1. The first-order chi connectivity index (χ1) is 9.81. The Balaban J connectivity index is 1.78. The molecule has 2 fully saturated rings. The molecule has 2 aliphatic rings. The number of nitrogen functional groups attached to an aromatic ring is 1. The zero-order valence-electron chi connectivity index (χ0n) is 11.7. The van der Waals surface area contributed by atoms with Crippen molar-refractivity contribution in [1.29, 1.82) is 0 Å². The van der Waals surface area contributed by atoms with E-state index in [0.717, 1.165) is 37.5 Å². The lowest BCUT2D eigenvalue weighted by atomic mass is 10.1. The third-order valence-electron chi connectivity index (χ3n) is 4.41. The van der Waals surface area contributed by atoms with Gasteiger partial charge in [-0.15, -0.1) is 0 Å². The van der Waals surface area contributed by atoms with Crippen molar-refractivity contribution in [1.82, 2.24) is 9.78 Å². The fourth-order valence-electron chi connectivity index (χ4n) is 3.10. The third kappa shape index (κ3) is 2.18. The van der Waals surface area contributed by atoms with Crippen LogP contribution in [0.15, 0.2) is 18.2 Å². The minimum absolute atomic E-state index is 0.0998. The quantitative estimate of drug-likeness (QED) is 0.872. The van der Waals surface area contributed by atoms with Crippen molar-refractivity contribution in [3.05, 3.63) is 23.9 Å². The number of hydrogen-bond acceptors (Lipinski definition) is 3. The standard InChI is InChI=1S/C16H21N3O/c17-12-6-7-15-13(10-12)14(9-11-4-5-11)18-19(15)16-3-1-2-8-20-16/h6-7,10-11,16H,1-5,8-9,17H2. The second-order valence-electron chi connectivity index (χ2n) is 6.14. The van der Waals surface area contributed by atoms with Gasteiger partial charge in [0.25, 0.3) is 0 Å². The molecule has 1 aliphatic carbocycles. The minimum Gasteiger partial charge on any atom is -0.399 e. The summed E-state index contributed by atoms with van der Waals surface area (Å²) in [7, 11) is 0.